The molecule has 5 heteroatoms. The molecule has 1 N–H and O–H groups in total. The summed E-state index contributed by atoms with van der Waals surface area (Å²) in [6, 6.07) is 7.06. The molecule has 0 aromatic heterocycles. The molecule has 19 heavy (non-hydrogen) atoms. The third-order valence-corrected chi connectivity index (χ3v) is 3.71. The Hall–Kier alpha value is -1.10. The van der Waals surface area contributed by atoms with Gasteiger partial charge < -0.3 is 14.7 Å². The number of benzene rings is 1. The second-order valence-corrected chi connectivity index (χ2v) is 5.06. The molecule has 2 rings (SSSR count). The Kier molecular flexibility index (Phi) is 4.80. The Morgan fingerprint density at radius 1 is 1.47 bits per heavy atom. The van der Waals surface area contributed by atoms with E-state index in [9.17, 15) is 9.90 Å². The molecule has 4 nitrogen and oxygen atoms in total. The summed E-state index contributed by atoms with van der Waals surface area (Å²) in [5.41, 5.74) is 0.976. The van der Waals surface area contributed by atoms with Gasteiger partial charge in [-0.25, -0.2) is 0 Å². The van der Waals surface area contributed by atoms with Crippen molar-refractivity contribution in [1.29, 1.82) is 0 Å². The molecule has 0 bridgehead atoms. The van der Waals surface area contributed by atoms with Crippen LogP contribution in [0.5, 0.6) is 0 Å². The van der Waals surface area contributed by atoms with E-state index in [0.717, 1.165) is 5.56 Å². The summed E-state index contributed by atoms with van der Waals surface area (Å²) in [6.45, 7) is 2.46. The van der Waals surface area contributed by atoms with Crippen molar-refractivity contribution in [2.24, 2.45) is 0 Å². The molecule has 1 amide bonds. The minimum atomic E-state index is -0.169. The van der Waals surface area contributed by atoms with Crippen LogP contribution in [0.15, 0.2) is 24.3 Å². The number of nitrogens with zero attached hydrogens (tertiary/aromatic N) is 1. The highest BCUT2D eigenvalue weighted by molar-refractivity contribution is 6.30. The predicted octanol–water partition coefficient (Wildman–Crippen LogP) is 2.01. The number of aliphatic hydroxyl groups excluding tert-OH is 1. The maximum absolute atomic E-state index is 12.1. The minimum Gasteiger partial charge on any atom is -0.394 e. The SMILES string of the molecule is CC[C@@H](CO)N1C(=O)COCC1c1ccc(Cl)cc1. The van der Waals surface area contributed by atoms with E-state index in [0.29, 0.717) is 18.1 Å². The molecule has 1 unspecified atom stereocenters. The van der Waals surface area contributed by atoms with Crippen LogP contribution in [0.1, 0.15) is 24.9 Å². The van der Waals surface area contributed by atoms with E-state index in [4.69, 9.17) is 16.3 Å². The highest BCUT2D eigenvalue weighted by Gasteiger charge is 2.34. The lowest BCUT2D eigenvalue weighted by Crippen LogP contribution is -2.50. The first-order chi connectivity index (χ1) is 9.17. The Morgan fingerprint density at radius 3 is 2.74 bits per heavy atom. The van der Waals surface area contributed by atoms with Crippen molar-refractivity contribution in [2.45, 2.75) is 25.4 Å². The van der Waals surface area contributed by atoms with E-state index in [1.807, 2.05) is 19.1 Å². The van der Waals surface area contributed by atoms with E-state index in [2.05, 4.69) is 0 Å². The maximum atomic E-state index is 12.1. The van der Waals surface area contributed by atoms with Gasteiger partial charge in [0, 0.05) is 5.02 Å². The maximum Gasteiger partial charge on any atom is 0.249 e. The van der Waals surface area contributed by atoms with Gasteiger partial charge in [0.15, 0.2) is 0 Å². The number of rotatable bonds is 4. The molecule has 1 aliphatic heterocycles. The predicted molar refractivity (Wildman–Crippen MR) is 73.0 cm³/mol. The zero-order chi connectivity index (χ0) is 13.8. The standard InChI is InChI=1S/C14H18ClNO3/c1-2-12(7-17)16-13(8-19-9-14(16)18)10-3-5-11(15)6-4-10/h3-6,12-13,17H,2,7-9H2,1H3/t12-,13?/m0/s1. The largest absolute Gasteiger partial charge is 0.394 e. The van der Waals surface area contributed by atoms with Crippen LogP contribution in [0.2, 0.25) is 5.02 Å². The highest BCUT2D eigenvalue weighted by Crippen LogP contribution is 2.28. The normalized spacial score (nSPS) is 21.5. The monoisotopic (exact) mass is 283 g/mol. The average Bonchev–Trinajstić information content (AvgIpc) is 2.43. The third kappa shape index (κ3) is 3.08. The molecule has 1 aromatic rings. The molecule has 0 aliphatic carbocycles. The molecule has 2 atom stereocenters. The molecule has 1 saturated heterocycles. The summed E-state index contributed by atoms with van der Waals surface area (Å²) in [4.78, 5) is 13.8. The number of aliphatic hydroxyl groups is 1. The number of halogens is 1. The van der Waals surface area contributed by atoms with Gasteiger partial charge in [-0.05, 0) is 24.1 Å². The summed E-state index contributed by atoms with van der Waals surface area (Å²) in [5, 5.41) is 10.1. The van der Waals surface area contributed by atoms with Gasteiger partial charge in [0.05, 0.1) is 25.3 Å². The molecule has 0 spiro atoms. The number of amides is 1. The number of carbonyl (C=O) groups excluding carboxylic acids is 1. The summed E-state index contributed by atoms with van der Waals surface area (Å²) in [7, 11) is 0. The third-order valence-electron chi connectivity index (χ3n) is 3.46. The molecule has 104 valence electrons. The van der Waals surface area contributed by atoms with Crippen LogP contribution in [-0.4, -0.2) is 41.8 Å². The lowest BCUT2D eigenvalue weighted by atomic mass is 10.0. The molecule has 0 radical (unpaired) electrons. The van der Waals surface area contributed by atoms with Crippen LogP contribution in [-0.2, 0) is 9.53 Å². The first-order valence-electron chi connectivity index (χ1n) is 6.42. The van der Waals surface area contributed by atoms with E-state index < -0.39 is 0 Å². The fourth-order valence-electron chi connectivity index (χ4n) is 2.40. The van der Waals surface area contributed by atoms with Crippen LogP contribution in [0.3, 0.4) is 0 Å². The zero-order valence-corrected chi connectivity index (χ0v) is 11.6. The number of hydrogen-bond donors (Lipinski definition) is 1. The van der Waals surface area contributed by atoms with E-state index in [1.165, 1.54) is 0 Å². The van der Waals surface area contributed by atoms with Crippen molar-refractivity contribution in [1.82, 2.24) is 4.90 Å². The minimum absolute atomic E-state index is 0.0354. The fourth-order valence-corrected chi connectivity index (χ4v) is 2.53. The van der Waals surface area contributed by atoms with Gasteiger partial charge in [-0.15, -0.1) is 0 Å². The lowest BCUT2D eigenvalue weighted by molar-refractivity contribution is -0.153. The first kappa shape index (κ1) is 14.3. The van der Waals surface area contributed by atoms with Crippen LogP contribution in [0.4, 0.5) is 0 Å². The Bertz CT molecular complexity index is 431. The van der Waals surface area contributed by atoms with E-state index in [-0.39, 0.29) is 31.2 Å². The van der Waals surface area contributed by atoms with Gasteiger partial charge in [0.25, 0.3) is 0 Å². The van der Waals surface area contributed by atoms with Crippen molar-refractivity contribution >= 4 is 17.5 Å². The van der Waals surface area contributed by atoms with E-state index >= 15 is 0 Å². The number of morpholine rings is 1. The van der Waals surface area contributed by atoms with Crippen molar-refractivity contribution in [3.63, 3.8) is 0 Å². The number of carbonyl (C=O) groups is 1. The molecule has 1 aliphatic rings. The van der Waals surface area contributed by atoms with Gasteiger partial charge >= 0.3 is 0 Å². The van der Waals surface area contributed by atoms with Gasteiger partial charge in [-0.2, -0.15) is 0 Å². The number of ether oxygens (including phenoxy) is 1. The summed E-state index contributed by atoms with van der Waals surface area (Å²) in [5.74, 6) is -0.0768. The molecular weight excluding hydrogens is 266 g/mol. The second kappa shape index (κ2) is 6.37. The topological polar surface area (TPSA) is 49.8 Å². The fraction of sp³-hybridized carbons (Fsp3) is 0.500. The molecule has 1 fully saturated rings. The Balaban J connectivity index is 2.29. The van der Waals surface area contributed by atoms with Gasteiger partial charge in [-0.3, -0.25) is 4.79 Å². The van der Waals surface area contributed by atoms with Crippen LogP contribution in [0.25, 0.3) is 0 Å². The van der Waals surface area contributed by atoms with Gasteiger partial charge in [0.1, 0.15) is 6.61 Å². The van der Waals surface area contributed by atoms with Crippen molar-refractivity contribution in [2.75, 3.05) is 19.8 Å². The zero-order valence-electron chi connectivity index (χ0n) is 10.9. The lowest BCUT2D eigenvalue weighted by Gasteiger charge is -2.40. The first-order valence-corrected chi connectivity index (χ1v) is 6.80. The average molecular weight is 284 g/mol. The smallest absolute Gasteiger partial charge is 0.249 e. The van der Waals surface area contributed by atoms with Crippen LogP contribution in [0, 0.1) is 0 Å². The quantitative estimate of drug-likeness (QED) is 0.920. The molecule has 1 aromatic carbocycles. The molecular formula is C14H18ClNO3. The van der Waals surface area contributed by atoms with Crippen molar-refractivity contribution < 1.29 is 14.6 Å². The van der Waals surface area contributed by atoms with Crippen LogP contribution >= 0.6 is 11.6 Å². The highest BCUT2D eigenvalue weighted by atomic mass is 35.5. The van der Waals surface area contributed by atoms with Gasteiger partial charge in [-0.1, -0.05) is 30.7 Å². The summed E-state index contributed by atoms with van der Waals surface area (Å²) >= 11 is 5.88. The Labute approximate surface area is 117 Å². The van der Waals surface area contributed by atoms with Crippen molar-refractivity contribution in [3.8, 4) is 0 Å². The molecule has 1 heterocycles. The number of hydrogen-bond acceptors (Lipinski definition) is 3. The van der Waals surface area contributed by atoms with Crippen LogP contribution < -0.4 is 0 Å². The summed E-state index contributed by atoms with van der Waals surface area (Å²) in [6.07, 6.45) is 0.715. The Morgan fingerprint density at radius 2 is 2.16 bits per heavy atom. The second-order valence-electron chi connectivity index (χ2n) is 4.63. The molecule has 0 saturated carbocycles. The van der Waals surface area contributed by atoms with E-state index in [1.54, 1.807) is 17.0 Å². The van der Waals surface area contributed by atoms with Crippen molar-refractivity contribution in [3.05, 3.63) is 34.9 Å². The summed E-state index contributed by atoms with van der Waals surface area (Å²) < 4.78 is 5.34. The van der Waals surface area contributed by atoms with Gasteiger partial charge in [0.2, 0.25) is 5.91 Å².